The van der Waals surface area contributed by atoms with E-state index in [1.165, 1.54) is 51.4 Å². The normalized spacial score (nSPS) is 20.3. The number of carbonyl (C=O) groups is 6. The van der Waals surface area contributed by atoms with E-state index in [9.17, 15) is 28.8 Å². The lowest BCUT2D eigenvalue weighted by Gasteiger charge is -2.49. The van der Waals surface area contributed by atoms with E-state index < -0.39 is 23.3 Å². The lowest BCUT2D eigenvalue weighted by atomic mass is 9.56. The Morgan fingerprint density at radius 1 is 0.479 bits per heavy atom. The predicted molar refractivity (Wildman–Crippen MR) is 277 cm³/mol. The molecule has 1 saturated heterocycles. The van der Waals surface area contributed by atoms with Gasteiger partial charge in [-0.2, -0.15) is 0 Å². The molecular weight excluding hydrogens is 903 g/mol. The fourth-order valence-corrected chi connectivity index (χ4v) is 10.9. The van der Waals surface area contributed by atoms with Crippen molar-refractivity contribution in [3.8, 4) is 0 Å². The summed E-state index contributed by atoms with van der Waals surface area (Å²) in [6, 6.07) is 0. The van der Waals surface area contributed by atoms with E-state index in [-0.39, 0.29) is 88.3 Å². The van der Waals surface area contributed by atoms with Gasteiger partial charge in [-0.1, -0.05) is 90.5 Å². The molecule has 13 heteroatoms. The van der Waals surface area contributed by atoms with Gasteiger partial charge in [0, 0.05) is 32.1 Å². The van der Waals surface area contributed by atoms with E-state index >= 15 is 0 Å². The summed E-state index contributed by atoms with van der Waals surface area (Å²) in [7, 11) is 0. The summed E-state index contributed by atoms with van der Waals surface area (Å²) in [4.78, 5) is 80.6. The van der Waals surface area contributed by atoms with Crippen LogP contribution < -0.4 is 0 Å². The summed E-state index contributed by atoms with van der Waals surface area (Å²) in [5, 5.41) is 0. The van der Waals surface area contributed by atoms with Crippen molar-refractivity contribution in [2.24, 2.45) is 28.6 Å². The van der Waals surface area contributed by atoms with Gasteiger partial charge in [0.05, 0.1) is 19.6 Å². The summed E-state index contributed by atoms with van der Waals surface area (Å²) in [6.07, 6.45) is 31.8. The fourth-order valence-electron chi connectivity index (χ4n) is 10.9. The maximum atomic E-state index is 13.9. The Labute approximate surface area is 429 Å². The first kappa shape index (κ1) is 61.6. The first-order chi connectivity index (χ1) is 34.3. The summed E-state index contributed by atoms with van der Waals surface area (Å²) in [6.45, 7) is 11.3. The zero-order valence-corrected chi connectivity index (χ0v) is 45.0. The summed E-state index contributed by atoms with van der Waals surface area (Å²) in [5.41, 5.74) is -1.49. The van der Waals surface area contributed by atoms with Gasteiger partial charge in [-0.15, -0.1) is 0 Å². The number of rotatable bonds is 40. The molecule has 13 nitrogen and oxygen atoms in total. The van der Waals surface area contributed by atoms with Crippen LogP contribution in [0.4, 0.5) is 0 Å². The van der Waals surface area contributed by atoms with Crippen molar-refractivity contribution in [1.82, 2.24) is 4.90 Å². The Bertz CT molecular complexity index is 1500. The quantitative estimate of drug-likeness (QED) is 0.0247. The van der Waals surface area contributed by atoms with Crippen molar-refractivity contribution in [2.45, 2.75) is 220 Å². The largest absolute Gasteiger partial charge is 0.465 e. The lowest BCUT2D eigenvalue weighted by Crippen LogP contribution is -2.45. The topological polar surface area (TPSA) is 161 Å². The first-order valence-electron chi connectivity index (χ1n) is 28.3. The molecular formula is C58H97NO12. The second kappa shape index (κ2) is 37.1. The molecule has 3 rings (SSSR count). The van der Waals surface area contributed by atoms with Gasteiger partial charge in [0.1, 0.15) is 31.8 Å². The molecule has 0 radical (unpaired) electrons. The van der Waals surface area contributed by atoms with Crippen molar-refractivity contribution < 1.29 is 57.2 Å². The molecule has 2 aliphatic carbocycles. The monoisotopic (exact) mass is 1000 g/mol. The highest BCUT2D eigenvalue weighted by Gasteiger charge is 2.46. The molecule has 2 unspecified atom stereocenters. The third kappa shape index (κ3) is 28.9. The average Bonchev–Trinajstić information content (AvgIpc) is 3.85. The molecule has 406 valence electrons. The molecule has 0 aromatic rings. The molecule has 2 atom stereocenters. The van der Waals surface area contributed by atoms with E-state index in [0.717, 1.165) is 64.6 Å². The van der Waals surface area contributed by atoms with Gasteiger partial charge in [-0.3, -0.25) is 28.8 Å². The van der Waals surface area contributed by atoms with Gasteiger partial charge < -0.3 is 33.3 Å². The van der Waals surface area contributed by atoms with Crippen LogP contribution in [0.2, 0.25) is 0 Å². The molecule has 1 heterocycles. The van der Waals surface area contributed by atoms with Crippen molar-refractivity contribution in [3.05, 3.63) is 24.3 Å². The van der Waals surface area contributed by atoms with Gasteiger partial charge in [0.2, 0.25) is 0 Å². The highest BCUT2D eigenvalue weighted by molar-refractivity contribution is 5.72. The van der Waals surface area contributed by atoms with E-state index in [0.29, 0.717) is 88.8 Å². The SMILES string of the molecule is CCCCC/C=C\CCOC(=O)CCCCCC(=O)OCC(COC(=O)CCCCCC(=O)OCC/C=C\CCCCC)(COC(=O)CCCN1CCCC1)COC(=O)CC12CC(C)CC(CC(C)C1)C2. The molecule has 0 amide bonds. The average molecular weight is 1000 g/mol. The fraction of sp³-hybridized carbons (Fsp3) is 0.828. The van der Waals surface area contributed by atoms with Crippen LogP contribution in [0, 0.1) is 28.6 Å². The zero-order chi connectivity index (χ0) is 51.4. The van der Waals surface area contributed by atoms with Crippen molar-refractivity contribution >= 4 is 35.8 Å². The Balaban J connectivity index is 1.59. The maximum Gasteiger partial charge on any atom is 0.306 e. The van der Waals surface area contributed by atoms with Crippen molar-refractivity contribution in [2.75, 3.05) is 59.3 Å². The number of ether oxygens (including phenoxy) is 6. The number of unbranched alkanes of at least 4 members (excludes halogenated alkanes) is 10. The van der Waals surface area contributed by atoms with Crippen LogP contribution in [0.3, 0.4) is 0 Å². The maximum absolute atomic E-state index is 13.9. The molecule has 0 N–H and O–H groups in total. The van der Waals surface area contributed by atoms with Crippen molar-refractivity contribution in [1.29, 1.82) is 0 Å². The number of allylic oxidation sites excluding steroid dienone is 2. The van der Waals surface area contributed by atoms with Crippen LogP contribution in [-0.4, -0.2) is 100.0 Å². The van der Waals surface area contributed by atoms with Crippen LogP contribution >= 0.6 is 0 Å². The second-order valence-electron chi connectivity index (χ2n) is 21.7. The molecule has 0 aromatic heterocycles. The van der Waals surface area contributed by atoms with Gasteiger partial charge in [-0.25, -0.2) is 0 Å². The Hall–Kier alpha value is -3.74. The van der Waals surface area contributed by atoms with Crippen molar-refractivity contribution in [3.63, 3.8) is 0 Å². The van der Waals surface area contributed by atoms with Crippen LogP contribution in [0.25, 0.3) is 0 Å². The summed E-state index contributed by atoms with van der Waals surface area (Å²) < 4.78 is 34.4. The number of fused-ring (bicyclic) bond motifs is 2. The van der Waals surface area contributed by atoms with Crippen LogP contribution in [0.1, 0.15) is 220 Å². The minimum atomic E-state index is -1.35. The van der Waals surface area contributed by atoms with Gasteiger partial charge >= 0.3 is 35.8 Å². The second-order valence-corrected chi connectivity index (χ2v) is 21.7. The van der Waals surface area contributed by atoms with Gasteiger partial charge in [-0.05, 0) is 158 Å². The number of likely N-dealkylation sites (tertiary alicyclic amines) is 1. The molecule has 2 bridgehead atoms. The molecule has 0 spiro atoms. The van der Waals surface area contributed by atoms with E-state index in [1.54, 1.807) is 0 Å². The summed E-state index contributed by atoms with van der Waals surface area (Å²) in [5.74, 6) is -0.647. The highest BCUT2D eigenvalue weighted by Crippen LogP contribution is 2.54. The van der Waals surface area contributed by atoms with Crippen LogP contribution in [0.5, 0.6) is 0 Å². The zero-order valence-electron chi connectivity index (χ0n) is 45.0. The third-order valence-electron chi connectivity index (χ3n) is 14.4. The molecule has 2 saturated carbocycles. The summed E-state index contributed by atoms with van der Waals surface area (Å²) >= 11 is 0. The Morgan fingerprint density at radius 3 is 1.31 bits per heavy atom. The number of hydrogen-bond donors (Lipinski definition) is 0. The van der Waals surface area contributed by atoms with E-state index in [1.807, 2.05) is 0 Å². The minimum Gasteiger partial charge on any atom is -0.465 e. The Morgan fingerprint density at radius 2 is 0.873 bits per heavy atom. The van der Waals surface area contributed by atoms with Gasteiger partial charge in [0.15, 0.2) is 0 Å². The Kier molecular flexibility index (Phi) is 32.1. The number of esters is 6. The first-order valence-corrected chi connectivity index (χ1v) is 28.3. The number of nitrogens with zero attached hydrogens (tertiary/aromatic N) is 1. The molecule has 0 aromatic carbocycles. The van der Waals surface area contributed by atoms with E-state index in [2.05, 4.69) is 56.9 Å². The minimum absolute atomic E-state index is 0.0909. The number of hydrogen-bond acceptors (Lipinski definition) is 13. The standard InChI is InChI=1S/C58H97NO12/c1-5-7-9-11-13-15-25-36-66-51(60)28-19-17-21-30-53(62)68-44-58(46-70-55(64)32-27-35-59-33-23-24-34-59,47-71-56(65)43-57-40-48(3)38-50(42-57)39-49(4)41-57)45-69-54(63)31-22-18-20-29-52(61)67-37-26-16-14-12-10-8-6-2/h13-16,48-50H,5-12,17-47H2,1-4H3/b15-13-,16-14-. The predicted octanol–water partition coefficient (Wildman–Crippen LogP) is 12.3. The lowest BCUT2D eigenvalue weighted by molar-refractivity contribution is -0.172. The molecule has 3 fully saturated rings. The van der Waals surface area contributed by atoms with Crippen LogP contribution in [0.15, 0.2) is 24.3 Å². The highest BCUT2D eigenvalue weighted by atomic mass is 16.6. The van der Waals surface area contributed by atoms with E-state index in [4.69, 9.17) is 28.4 Å². The third-order valence-corrected chi connectivity index (χ3v) is 14.4. The molecule has 71 heavy (non-hydrogen) atoms. The molecule has 3 aliphatic rings. The molecule has 1 aliphatic heterocycles. The number of carbonyl (C=O) groups excluding carboxylic acids is 6. The van der Waals surface area contributed by atoms with Crippen LogP contribution in [-0.2, 0) is 57.2 Å². The smallest absolute Gasteiger partial charge is 0.306 e. The van der Waals surface area contributed by atoms with Gasteiger partial charge in [0.25, 0.3) is 0 Å².